The van der Waals surface area contributed by atoms with Crippen molar-refractivity contribution in [2.45, 2.75) is 18.1 Å². The molecule has 2 heterocycles. The molecule has 1 aromatic carbocycles. The zero-order valence-corrected chi connectivity index (χ0v) is 10.2. The number of ketones is 1. The number of pyridine rings is 1. The lowest BCUT2D eigenvalue weighted by Crippen LogP contribution is -2.13. The summed E-state index contributed by atoms with van der Waals surface area (Å²) in [6, 6.07) is 9.74. The minimum absolute atomic E-state index is 0.163. The Morgan fingerprint density at radius 3 is 3.12 bits per heavy atom. The van der Waals surface area contributed by atoms with Gasteiger partial charge in [0.15, 0.2) is 5.78 Å². The zero-order valence-electron chi connectivity index (χ0n) is 9.43. The molecule has 17 heavy (non-hydrogen) atoms. The number of fused-ring (bicyclic) bond motifs is 1. The fraction of sp³-hybridized carbons (Fsp3) is 0.286. The quantitative estimate of drug-likeness (QED) is 0.758. The summed E-state index contributed by atoms with van der Waals surface area (Å²) in [4.78, 5) is 16.5. The van der Waals surface area contributed by atoms with E-state index in [1.54, 1.807) is 18.0 Å². The van der Waals surface area contributed by atoms with Gasteiger partial charge < -0.3 is 0 Å². The molecule has 3 heteroatoms. The molecular formula is C14H13NOS. The number of carbonyl (C=O) groups excluding carboxylic acids is 1. The van der Waals surface area contributed by atoms with Crippen LogP contribution in [0.25, 0.3) is 10.9 Å². The molecule has 1 unspecified atom stereocenters. The Morgan fingerprint density at radius 2 is 2.29 bits per heavy atom. The van der Waals surface area contributed by atoms with Crippen molar-refractivity contribution in [3.05, 3.63) is 42.1 Å². The monoisotopic (exact) mass is 243 g/mol. The Hall–Kier alpha value is -1.35. The van der Waals surface area contributed by atoms with Crippen LogP contribution < -0.4 is 0 Å². The molecule has 2 nitrogen and oxygen atoms in total. The third kappa shape index (κ3) is 2.07. The fourth-order valence-corrected chi connectivity index (χ4v) is 3.43. The second-order valence-electron chi connectivity index (χ2n) is 4.28. The number of nitrogens with zero attached hydrogens (tertiary/aromatic N) is 1. The molecule has 0 amide bonds. The van der Waals surface area contributed by atoms with Crippen LogP contribution >= 0.6 is 11.8 Å². The van der Waals surface area contributed by atoms with Crippen LogP contribution in [0.4, 0.5) is 0 Å². The van der Waals surface area contributed by atoms with E-state index in [9.17, 15) is 4.79 Å². The van der Waals surface area contributed by atoms with E-state index >= 15 is 0 Å². The van der Waals surface area contributed by atoms with Crippen molar-refractivity contribution >= 4 is 28.4 Å². The zero-order chi connectivity index (χ0) is 11.7. The summed E-state index contributed by atoms with van der Waals surface area (Å²) in [7, 11) is 0. The Kier molecular flexibility index (Phi) is 2.85. The summed E-state index contributed by atoms with van der Waals surface area (Å²) < 4.78 is 0. The summed E-state index contributed by atoms with van der Waals surface area (Å²) in [5, 5.41) is 1.25. The minimum Gasteiger partial charge on any atom is -0.293 e. The van der Waals surface area contributed by atoms with Crippen LogP contribution in [0.1, 0.15) is 23.2 Å². The first-order chi connectivity index (χ1) is 8.34. The molecule has 1 aliphatic heterocycles. The number of Topliss-reactive ketones (excluding diaryl/α,β-unsaturated/α-hetero) is 1. The molecule has 0 bridgehead atoms. The van der Waals surface area contributed by atoms with Crippen molar-refractivity contribution < 1.29 is 4.79 Å². The SMILES string of the molecule is O=C(c1ccc2cccnc2c1)C1CCCS1. The molecule has 1 fully saturated rings. The van der Waals surface area contributed by atoms with Crippen molar-refractivity contribution in [2.75, 3.05) is 5.75 Å². The van der Waals surface area contributed by atoms with Gasteiger partial charge in [-0.1, -0.05) is 18.2 Å². The van der Waals surface area contributed by atoms with Gasteiger partial charge in [-0.15, -0.1) is 0 Å². The average molecular weight is 243 g/mol. The number of carbonyl (C=O) groups is 1. The highest BCUT2D eigenvalue weighted by Crippen LogP contribution is 2.29. The molecule has 86 valence electrons. The van der Waals surface area contributed by atoms with Gasteiger partial charge in [-0.05, 0) is 30.7 Å². The predicted molar refractivity (Wildman–Crippen MR) is 71.6 cm³/mol. The smallest absolute Gasteiger partial charge is 0.175 e. The summed E-state index contributed by atoms with van der Waals surface area (Å²) in [5.74, 6) is 1.38. The molecule has 3 rings (SSSR count). The second kappa shape index (κ2) is 4.49. The second-order valence-corrected chi connectivity index (χ2v) is 5.59. The number of thioether (sulfide) groups is 1. The van der Waals surface area contributed by atoms with Crippen LogP contribution in [0.2, 0.25) is 0 Å². The Bertz CT molecular complexity index is 561. The molecule has 1 saturated heterocycles. The van der Waals surface area contributed by atoms with E-state index in [-0.39, 0.29) is 11.0 Å². The number of aromatic nitrogens is 1. The van der Waals surface area contributed by atoms with Gasteiger partial charge in [-0.25, -0.2) is 0 Å². The highest BCUT2D eigenvalue weighted by Gasteiger charge is 2.24. The molecule has 1 aliphatic rings. The number of rotatable bonds is 2. The maximum Gasteiger partial charge on any atom is 0.175 e. The number of benzene rings is 1. The van der Waals surface area contributed by atoms with E-state index in [0.29, 0.717) is 0 Å². The maximum atomic E-state index is 12.2. The minimum atomic E-state index is 0.163. The third-order valence-electron chi connectivity index (χ3n) is 3.11. The molecule has 1 atom stereocenters. The maximum absolute atomic E-state index is 12.2. The van der Waals surface area contributed by atoms with Gasteiger partial charge in [0.2, 0.25) is 0 Å². The normalized spacial score (nSPS) is 19.6. The number of hydrogen-bond donors (Lipinski definition) is 0. The lowest BCUT2D eigenvalue weighted by molar-refractivity contribution is 0.0988. The standard InChI is InChI=1S/C14H13NOS/c16-14(13-4-2-8-17-13)11-6-5-10-3-1-7-15-12(10)9-11/h1,3,5-7,9,13H,2,4,8H2. The van der Waals surface area contributed by atoms with E-state index < -0.39 is 0 Å². The van der Waals surface area contributed by atoms with Crippen molar-refractivity contribution in [1.82, 2.24) is 4.98 Å². The van der Waals surface area contributed by atoms with E-state index in [4.69, 9.17) is 0 Å². The van der Waals surface area contributed by atoms with E-state index in [1.807, 2.05) is 30.3 Å². The lowest BCUT2D eigenvalue weighted by Gasteiger charge is -2.07. The van der Waals surface area contributed by atoms with E-state index in [2.05, 4.69) is 4.98 Å². The van der Waals surface area contributed by atoms with E-state index in [1.165, 1.54) is 0 Å². The molecular weight excluding hydrogens is 230 g/mol. The van der Waals surface area contributed by atoms with Crippen molar-refractivity contribution in [3.8, 4) is 0 Å². The fourth-order valence-electron chi connectivity index (χ4n) is 2.19. The molecule has 0 N–H and O–H groups in total. The predicted octanol–water partition coefficient (Wildman–Crippen LogP) is 3.31. The Balaban J connectivity index is 1.97. The van der Waals surface area contributed by atoms with E-state index in [0.717, 1.165) is 35.1 Å². The van der Waals surface area contributed by atoms with Gasteiger partial charge in [-0.2, -0.15) is 11.8 Å². The highest BCUT2D eigenvalue weighted by atomic mass is 32.2. The van der Waals surface area contributed by atoms with Crippen LogP contribution in [0.5, 0.6) is 0 Å². The first-order valence-electron chi connectivity index (χ1n) is 5.85. The van der Waals surface area contributed by atoms with Gasteiger partial charge >= 0.3 is 0 Å². The largest absolute Gasteiger partial charge is 0.293 e. The van der Waals surface area contributed by atoms with Crippen molar-refractivity contribution in [1.29, 1.82) is 0 Å². The molecule has 0 saturated carbocycles. The van der Waals surface area contributed by atoms with Crippen LogP contribution in [-0.4, -0.2) is 21.8 Å². The Labute approximate surface area is 104 Å². The summed E-state index contributed by atoms with van der Waals surface area (Å²) in [5.41, 5.74) is 1.71. The summed E-state index contributed by atoms with van der Waals surface area (Å²) in [6.45, 7) is 0. The van der Waals surface area contributed by atoms with Gasteiger partial charge in [0.25, 0.3) is 0 Å². The molecule has 0 spiro atoms. The van der Waals surface area contributed by atoms with Gasteiger partial charge in [0, 0.05) is 17.1 Å². The van der Waals surface area contributed by atoms with Gasteiger partial charge in [0.05, 0.1) is 10.8 Å². The van der Waals surface area contributed by atoms with Crippen molar-refractivity contribution in [2.24, 2.45) is 0 Å². The summed E-state index contributed by atoms with van der Waals surface area (Å²) in [6.07, 6.45) is 3.94. The first-order valence-corrected chi connectivity index (χ1v) is 6.90. The van der Waals surface area contributed by atoms with Gasteiger partial charge in [0.1, 0.15) is 0 Å². The first kappa shape index (κ1) is 10.8. The topological polar surface area (TPSA) is 30.0 Å². The van der Waals surface area contributed by atoms with Crippen LogP contribution in [0.15, 0.2) is 36.5 Å². The van der Waals surface area contributed by atoms with Crippen molar-refractivity contribution in [3.63, 3.8) is 0 Å². The molecule has 0 radical (unpaired) electrons. The molecule has 0 aliphatic carbocycles. The third-order valence-corrected chi connectivity index (χ3v) is 4.49. The average Bonchev–Trinajstić information content (AvgIpc) is 2.91. The summed E-state index contributed by atoms with van der Waals surface area (Å²) >= 11 is 1.78. The van der Waals surface area contributed by atoms with Crippen LogP contribution in [0.3, 0.4) is 0 Å². The lowest BCUT2D eigenvalue weighted by atomic mass is 10.0. The van der Waals surface area contributed by atoms with Crippen LogP contribution in [-0.2, 0) is 0 Å². The number of hydrogen-bond acceptors (Lipinski definition) is 3. The molecule has 1 aromatic heterocycles. The highest BCUT2D eigenvalue weighted by molar-refractivity contribution is 8.00. The molecule has 2 aromatic rings. The van der Waals surface area contributed by atoms with Crippen LogP contribution in [0, 0.1) is 0 Å². The Morgan fingerprint density at radius 1 is 1.35 bits per heavy atom. The van der Waals surface area contributed by atoms with Gasteiger partial charge in [-0.3, -0.25) is 9.78 Å².